The number of hydrogen-bond donors (Lipinski definition) is 2. The summed E-state index contributed by atoms with van der Waals surface area (Å²) in [6.07, 6.45) is 0.556. The summed E-state index contributed by atoms with van der Waals surface area (Å²) in [5, 5.41) is 2.90. The highest BCUT2D eigenvalue weighted by molar-refractivity contribution is 5.81. The molecule has 104 valence electrons. The molecule has 0 bridgehead atoms. The Morgan fingerprint density at radius 3 is 2.45 bits per heavy atom. The Hall–Kier alpha value is -2.13. The van der Waals surface area contributed by atoms with Gasteiger partial charge in [-0.3, -0.25) is 4.79 Å². The Morgan fingerprint density at radius 2 is 1.75 bits per heavy atom. The molecule has 3 heteroatoms. The van der Waals surface area contributed by atoms with Crippen LogP contribution in [-0.4, -0.2) is 11.9 Å². The summed E-state index contributed by atoms with van der Waals surface area (Å²) in [5.41, 5.74) is 9.30. The summed E-state index contributed by atoms with van der Waals surface area (Å²) < 4.78 is 0. The van der Waals surface area contributed by atoms with E-state index >= 15 is 0 Å². The van der Waals surface area contributed by atoms with Gasteiger partial charge in [0.25, 0.3) is 0 Å². The second-order valence-corrected chi connectivity index (χ2v) is 4.94. The van der Waals surface area contributed by atoms with E-state index in [4.69, 9.17) is 5.73 Å². The average Bonchev–Trinajstić information content (AvgIpc) is 2.47. The van der Waals surface area contributed by atoms with E-state index in [1.165, 1.54) is 5.56 Å². The number of benzene rings is 2. The van der Waals surface area contributed by atoms with Crippen LogP contribution in [0.15, 0.2) is 54.6 Å². The Balaban J connectivity index is 1.87. The van der Waals surface area contributed by atoms with Crippen molar-refractivity contribution >= 4 is 5.91 Å². The Morgan fingerprint density at radius 1 is 1.10 bits per heavy atom. The van der Waals surface area contributed by atoms with E-state index < -0.39 is 6.04 Å². The van der Waals surface area contributed by atoms with Crippen LogP contribution in [0.2, 0.25) is 0 Å². The fraction of sp³-hybridized carbons (Fsp3) is 0.235. The van der Waals surface area contributed by atoms with Crippen LogP contribution >= 0.6 is 0 Å². The molecule has 0 aliphatic heterocycles. The molecule has 2 aromatic carbocycles. The lowest BCUT2D eigenvalue weighted by Gasteiger charge is -2.13. The van der Waals surface area contributed by atoms with Crippen molar-refractivity contribution in [1.82, 2.24) is 5.32 Å². The number of nitrogens with two attached hydrogens (primary N) is 1. The molecule has 0 saturated heterocycles. The molecular weight excluding hydrogens is 248 g/mol. The van der Waals surface area contributed by atoms with Crippen molar-refractivity contribution in [3.8, 4) is 0 Å². The SMILES string of the molecule is Cc1ccccc1CNC(=O)[C@@H](N)Cc1ccccc1. The minimum absolute atomic E-state index is 0.114. The van der Waals surface area contributed by atoms with Crippen LogP contribution in [0.1, 0.15) is 16.7 Å². The monoisotopic (exact) mass is 268 g/mol. The second kappa shape index (κ2) is 6.87. The quantitative estimate of drug-likeness (QED) is 0.873. The summed E-state index contributed by atoms with van der Waals surface area (Å²) in [6.45, 7) is 2.55. The molecule has 0 heterocycles. The Bertz CT molecular complexity index is 566. The van der Waals surface area contributed by atoms with Crippen LogP contribution in [0.4, 0.5) is 0 Å². The van der Waals surface area contributed by atoms with Crippen molar-refractivity contribution < 1.29 is 4.79 Å². The highest BCUT2D eigenvalue weighted by atomic mass is 16.2. The van der Waals surface area contributed by atoms with Gasteiger partial charge in [-0.2, -0.15) is 0 Å². The van der Waals surface area contributed by atoms with Crippen LogP contribution in [0.5, 0.6) is 0 Å². The molecule has 0 radical (unpaired) electrons. The summed E-state index contributed by atoms with van der Waals surface area (Å²) in [7, 11) is 0. The first-order valence-corrected chi connectivity index (χ1v) is 6.78. The highest BCUT2D eigenvalue weighted by Gasteiger charge is 2.13. The molecule has 0 aromatic heterocycles. The number of aryl methyl sites for hydroxylation is 1. The second-order valence-electron chi connectivity index (χ2n) is 4.94. The molecule has 3 N–H and O–H groups in total. The third kappa shape index (κ3) is 3.93. The lowest BCUT2D eigenvalue weighted by atomic mass is 10.1. The molecule has 0 saturated carbocycles. The summed E-state index contributed by atoms with van der Waals surface area (Å²) >= 11 is 0. The van der Waals surface area contributed by atoms with Gasteiger partial charge in [0.1, 0.15) is 0 Å². The molecule has 0 aliphatic carbocycles. The molecule has 0 unspecified atom stereocenters. The largest absolute Gasteiger partial charge is 0.351 e. The molecule has 0 aliphatic rings. The molecule has 2 rings (SSSR count). The zero-order valence-corrected chi connectivity index (χ0v) is 11.7. The minimum atomic E-state index is -0.513. The average molecular weight is 268 g/mol. The topological polar surface area (TPSA) is 55.1 Å². The van der Waals surface area contributed by atoms with Crippen molar-refractivity contribution in [2.45, 2.75) is 25.9 Å². The van der Waals surface area contributed by atoms with Gasteiger partial charge in [-0.25, -0.2) is 0 Å². The lowest BCUT2D eigenvalue weighted by molar-refractivity contribution is -0.122. The molecular formula is C17H20N2O. The number of carbonyl (C=O) groups is 1. The minimum Gasteiger partial charge on any atom is -0.351 e. The van der Waals surface area contributed by atoms with Gasteiger partial charge >= 0.3 is 0 Å². The predicted molar refractivity (Wildman–Crippen MR) is 81.1 cm³/mol. The van der Waals surface area contributed by atoms with Crippen molar-refractivity contribution in [2.75, 3.05) is 0 Å². The molecule has 2 aromatic rings. The Kier molecular flexibility index (Phi) is 4.91. The molecule has 1 amide bonds. The maximum Gasteiger partial charge on any atom is 0.237 e. The third-order valence-corrected chi connectivity index (χ3v) is 3.35. The van der Waals surface area contributed by atoms with Gasteiger partial charge in [0, 0.05) is 6.54 Å². The van der Waals surface area contributed by atoms with Crippen LogP contribution in [-0.2, 0) is 17.8 Å². The Labute approximate surface area is 119 Å². The maximum atomic E-state index is 12.0. The highest BCUT2D eigenvalue weighted by Crippen LogP contribution is 2.07. The smallest absolute Gasteiger partial charge is 0.237 e. The summed E-state index contributed by atoms with van der Waals surface area (Å²) in [4.78, 5) is 12.0. The van der Waals surface area contributed by atoms with Gasteiger partial charge in [-0.05, 0) is 30.0 Å². The van der Waals surface area contributed by atoms with Crippen LogP contribution in [0, 0.1) is 6.92 Å². The first-order chi connectivity index (χ1) is 9.66. The normalized spacial score (nSPS) is 11.9. The molecule has 1 atom stereocenters. The molecule has 0 spiro atoms. The standard InChI is InChI=1S/C17H20N2O/c1-13-7-5-6-10-15(13)12-19-17(20)16(18)11-14-8-3-2-4-9-14/h2-10,16H,11-12,18H2,1H3,(H,19,20)/t16-/m0/s1. The summed E-state index contributed by atoms with van der Waals surface area (Å²) in [6, 6.07) is 17.3. The third-order valence-electron chi connectivity index (χ3n) is 3.35. The number of nitrogens with one attached hydrogen (secondary N) is 1. The van der Waals surface area contributed by atoms with Crippen molar-refractivity contribution in [3.63, 3.8) is 0 Å². The van der Waals surface area contributed by atoms with Crippen LogP contribution < -0.4 is 11.1 Å². The van der Waals surface area contributed by atoms with Gasteiger partial charge < -0.3 is 11.1 Å². The van der Waals surface area contributed by atoms with E-state index in [1.807, 2.05) is 61.5 Å². The van der Waals surface area contributed by atoms with E-state index in [-0.39, 0.29) is 5.91 Å². The maximum absolute atomic E-state index is 12.0. The van der Waals surface area contributed by atoms with Crippen LogP contribution in [0.3, 0.4) is 0 Å². The van der Waals surface area contributed by atoms with Gasteiger partial charge in [0.15, 0.2) is 0 Å². The zero-order valence-electron chi connectivity index (χ0n) is 11.7. The number of hydrogen-bond acceptors (Lipinski definition) is 2. The first kappa shape index (κ1) is 14.3. The van der Waals surface area contributed by atoms with E-state index in [0.29, 0.717) is 13.0 Å². The number of rotatable bonds is 5. The van der Waals surface area contributed by atoms with Crippen molar-refractivity contribution in [3.05, 3.63) is 71.3 Å². The zero-order chi connectivity index (χ0) is 14.4. The lowest BCUT2D eigenvalue weighted by Crippen LogP contribution is -2.41. The van der Waals surface area contributed by atoms with Gasteiger partial charge in [0.2, 0.25) is 5.91 Å². The van der Waals surface area contributed by atoms with Gasteiger partial charge in [-0.15, -0.1) is 0 Å². The summed E-state index contributed by atoms with van der Waals surface area (Å²) in [5.74, 6) is -0.114. The predicted octanol–water partition coefficient (Wildman–Crippen LogP) is 2.18. The molecule has 3 nitrogen and oxygen atoms in total. The van der Waals surface area contributed by atoms with E-state index in [1.54, 1.807) is 0 Å². The van der Waals surface area contributed by atoms with E-state index in [2.05, 4.69) is 5.32 Å². The van der Waals surface area contributed by atoms with Crippen LogP contribution in [0.25, 0.3) is 0 Å². The van der Waals surface area contributed by atoms with Gasteiger partial charge in [0.05, 0.1) is 6.04 Å². The number of carbonyl (C=O) groups excluding carboxylic acids is 1. The van der Waals surface area contributed by atoms with E-state index in [9.17, 15) is 4.79 Å². The molecule has 20 heavy (non-hydrogen) atoms. The van der Waals surface area contributed by atoms with Crippen molar-refractivity contribution in [2.24, 2.45) is 5.73 Å². The number of amides is 1. The van der Waals surface area contributed by atoms with Crippen molar-refractivity contribution in [1.29, 1.82) is 0 Å². The van der Waals surface area contributed by atoms with E-state index in [0.717, 1.165) is 11.1 Å². The van der Waals surface area contributed by atoms with Gasteiger partial charge in [-0.1, -0.05) is 54.6 Å². The molecule has 0 fully saturated rings. The fourth-order valence-electron chi connectivity index (χ4n) is 2.08. The fourth-order valence-corrected chi connectivity index (χ4v) is 2.08. The first-order valence-electron chi connectivity index (χ1n) is 6.78.